The number of nitrogens with zero attached hydrogens (tertiary/aromatic N) is 6. The van der Waals surface area contributed by atoms with Crippen LogP contribution in [-0.4, -0.2) is 75.6 Å². The highest BCUT2D eigenvalue weighted by molar-refractivity contribution is 5.84. The molecular formula is C24H33N7O4. The fourth-order valence-corrected chi connectivity index (χ4v) is 3.42. The van der Waals surface area contributed by atoms with Gasteiger partial charge in [-0.25, -0.2) is 9.48 Å². The van der Waals surface area contributed by atoms with Crippen LogP contribution in [0.5, 0.6) is 0 Å². The van der Waals surface area contributed by atoms with Crippen molar-refractivity contribution in [1.29, 1.82) is 0 Å². The summed E-state index contributed by atoms with van der Waals surface area (Å²) in [6, 6.07) is 10.7. The van der Waals surface area contributed by atoms with Crippen molar-refractivity contribution in [3.63, 3.8) is 0 Å². The minimum atomic E-state index is -0.409. The quantitative estimate of drug-likeness (QED) is 0.564. The molecule has 0 spiro atoms. The van der Waals surface area contributed by atoms with Crippen LogP contribution in [-0.2, 0) is 17.8 Å². The fourth-order valence-electron chi connectivity index (χ4n) is 3.42. The monoisotopic (exact) mass is 483 g/mol. The fraction of sp³-hybridized carbons (Fsp3) is 0.458. The number of amides is 1. The molecule has 1 aromatic carbocycles. The van der Waals surface area contributed by atoms with Crippen molar-refractivity contribution in [2.24, 2.45) is 0 Å². The average molecular weight is 484 g/mol. The molecular weight excluding hydrogens is 450 g/mol. The molecule has 3 heterocycles. The Morgan fingerprint density at radius 2 is 1.91 bits per heavy atom. The van der Waals surface area contributed by atoms with Crippen LogP contribution in [0, 0.1) is 6.92 Å². The summed E-state index contributed by atoms with van der Waals surface area (Å²) in [6.07, 6.45) is -0.409. The van der Waals surface area contributed by atoms with E-state index >= 15 is 0 Å². The lowest BCUT2D eigenvalue weighted by Crippen LogP contribution is -2.43. The van der Waals surface area contributed by atoms with Gasteiger partial charge in [0.15, 0.2) is 0 Å². The van der Waals surface area contributed by atoms with Gasteiger partial charge in [0, 0.05) is 44.5 Å². The summed E-state index contributed by atoms with van der Waals surface area (Å²) in [5.74, 6) is 1.00. The van der Waals surface area contributed by atoms with Crippen LogP contribution < -0.4 is 10.9 Å². The third-order valence-corrected chi connectivity index (χ3v) is 5.36. The van der Waals surface area contributed by atoms with Crippen molar-refractivity contribution < 1.29 is 14.1 Å². The highest BCUT2D eigenvalue weighted by atomic mass is 16.5. The number of hydrogen-bond donors (Lipinski definition) is 1. The van der Waals surface area contributed by atoms with Gasteiger partial charge >= 0.3 is 6.09 Å². The Hall–Kier alpha value is -3.57. The van der Waals surface area contributed by atoms with Crippen molar-refractivity contribution in [2.45, 2.75) is 33.9 Å². The van der Waals surface area contributed by atoms with Gasteiger partial charge in [-0.2, -0.15) is 10.1 Å². The number of likely N-dealkylation sites (N-methyl/N-ethyl adjacent to an activating group) is 1. The molecule has 4 rings (SSSR count). The molecule has 1 saturated heterocycles. The molecule has 0 unspecified atom stereocenters. The molecule has 1 amide bonds. The summed E-state index contributed by atoms with van der Waals surface area (Å²) in [6.45, 7) is 11.2. The van der Waals surface area contributed by atoms with Crippen LogP contribution in [0.1, 0.15) is 25.3 Å². The number of carbonyl (C=O) groups excluding carboxylic acids is 1. The van der Waals surface area contributed by atoms with Crippen LogP contribution in [0.15, 0.2) is 45.7 Å². The Morgan fingerprint density at radius 1 is 1.14 bits per heavy atom. The lowest BCUT2D eigenvalue weighted by molar-refractivity contribution is 0.135. The smallest absolute Gasteiger partial charge is 0.411 e. The summed E-state index contributed by atoms with van der Waals surface area (Å²) in [7, 11) is 2.12. The molecule has 1 aliphatic rings. The molecule has 1 fully saturated rings. The number of aryl methyl sites for hydroxylation is 2. The Labute approximate surface area is 204 Å². The zero-order chi connectivity index (χ0) is 25.2. The summed E-state index contributed by atoms with van der Waals surface area (Å²) in [5.41, 5.74) is 2.29. The Morgan fingerprint density at radius 3 is 2.60 bits per heavy atom. The maximum absolute atomic E-state index is 11.6. The zero-order valence-corrected chi connectivity index (χ0v) is 20.7. The summed E-state index contributed by atoms with van der Waals surface area (Å²) in [4.78, 5) is 31.5. The number of ether oxygens (including phenoxy) is 1. The first-order valence-electron chi connectivity index (χ1n) is 11.7. The zero-order valence-electron chi connectivity index (χ0n) is 20.7. The largest absolute Gasteiger partial charge is 0.450 e. The first-order chi connectivity index (χ1) is 16.9. The molecule has 0 saturated carbocycles. The Balaban J connectivity index is 0.000000225. The van der Waals surface area contributed by atoms with Crippen molar-refractivity contribution in [3.05, 3.63) is 58.2 Å². The first-order valence-corrected chi connectivity index (χ1v) is 11.7. The van der Waals surface area contributed by atoms with E-state index in [0.717, 1.165) is 37.4 Å². The number of rotatable bonds is 6. The average Bonchev–Trinajstić information content (AvgIpc) is 3.30. The standard InChI is InChI=1S/C14H20N6O2.C10H13NO2/c1-3-20-13(21)5-4-11(16-20)14-15-12(22-17-14)10-19-8-6-18(2)7-9-19;1-3-13-10(12)11-9-6-4-5-8(2)7-9/h4-5H,3,6-10H2,1-2H3;4-7H,3H2,1-2H3,(H,11,12). The minimum absolute atomic E-state index is 0.132. The molecule has 1 aliphatic heterocycles. The van der Waals surface area contributed by atoms with Crippen LogP contribution in [0.2, 0.25) is 0 Å². The van der Waals surface area contributed by atoms with E-state index in [1.54, 1.807) is 13.0 Å². The molecule has 11 heteroatoms. The van der Waals surface area contributed by atoms with Crippen molar-refractivity contribution >= 4 is 11.8 Å². The molecule has 188 valence electrons. The Bertz CT molecular complexity index is 1150. The first kappa shape index (κ1) is 26.0. The molecule has 11 nitrogen and oxygen atoms in total. The highest BCUT2D eigenvalue weighted by Gasteiger charge is 2.18. The maximum Gasteiger partial charge on any atom is 0.411 e. The predicted octanol–water partition coefficient (Wildman–Crippen LogP) is 2.62. The van der Waals surface area contributed by atoms with Crippen LogP contribution >= 0.6 is 0 Å². The van der Waals surface area contributed by atoms with E-state index in [-0.39, 0.29) is 5.56 Å². The van der Waals surface area contributed by atoms with Gasteiger partial charge < -0.3 is 14.2 Å². The molecule has 3 aromatic rings. The summed E-state index contributed by atoms with van der Waals surface area (Å²) in [5, 5.41) is 10.8. The van der Waals surface area contributed by atoms with Crippen LogP contribution in [0.4, 0.5) is 10.5 Å². The van der Waals surface area contributed by atoms with Gasteiger partial charge in [0.2, 0.25) is 11.7 Å². The number of carbonyl (C=O) groups is 1. The van der Waals surface area contributed by atoms with Crippen molar-refractivity contribution in [3.8, 4) is 11.5 Å². The van der Waals surface area contributed by atoms with Crippen molar-refractivity contribution in [1.82, 2.24) is 29.7 Å². The lowest BCUT2D eigenvalue weighted by atomic mass is 10.2. The van der Waals surface area contributed by atoms with Crippen LogP contribution in [0.3, 0.4) is 0 Å². The van der Waals surface area contributed by atoms with E-state index in [2.05, 4.69) is 37.4 Å². The highest BCUT2D eigenvalue weighted by Crippen LogP contribution is 2.13. The Kier molecular flexibility index (Phi) is 9.50. The van der Waals surface area contributed by atoms with E-state index in [0.29, 0.717) is 37.1 Å². The SMILES string of the molecule is CCOC(=O)Nc1cccc(C)c1.CCn1nc(-c2noc(CN3CCN(C)CC3)n2)ccc1=O. The summed E-state index contributed by atoms with van der Waals surface area (Å²) < 4.78 is 11.4. The maximum atomic E-state index is 11.6. The van der Waals surface area contributed by atoms with Gasteiger partial charge in [0.05, 0.1) is 13.2 Å². The summed E-state index contributed by atoms with van der Waals surface area (Å²) >= 11 is 0. The topological polar surface area (TPSA) is 119 Å². The molecule has 0 aliphatic carbocycles. The second-order valence-electron chi connectivity index (χ2n) is 8.18. The van der Waals surface area contributed by atoms with Gasteiger partial charge in [0.1, 0.15) is 5.69 Å². The third-order valence-electron chi connectivity index (χ3n) is 5.36. The van der Waals surface area contributed by atoms with E-state index in [4.69, 9.17) is 9.26 Å². The molecule has 0 radical (unpaired) electrons. The van der Waals surface area contributed by atoms with E-state index in [9.17, 15) is 9.59 Å². The van der Waals surface area contributed by atoms with Crippen molar-refractivity contribution in [2.75, 3.05) is 45.2 Å². The normalized spacial score (nSPS) is 14.2. The molecule has 1 N–H and O–H groups in total. The third kappa shape index (κ3) is 8.01. The number of hydrogen-bond acceptors (Lipinski definition) is 9. The number of anilines is 1. The second kappa shape index (κ2) is 12.8. The lowest BCUT2D eigenvalue weighted by Gasteiger charge is -2.31. The van der Waals surface area contributed by atoms with Gasteiger partial charge in [0.25, 0.3) is 5.56 Å². The number of aromatic nitrogens is 4. The van der Waals surface area contributed by atoms with Gasteiger partial charge in [-0.15, -0.1) is 0 Å². The molecule has 2 aromatic heterocycles. The molecule has 0 bridgehead atoms. The predicted molar refractivity (Wildman–Crippen MR) is 132 cm³/mol. The number of nitrogens with one attached hydrogen (secondary N) is 1. The van der Waals surface area contributed by atoms with Gasteiger partial charge in [-0.05, 0) is 51.6 Å². The van der Waals surface area contributed by atoms with E-state index in [1.807, 2.05) is 38.1 Å². The van der Waals surface area contributed by atoms with E-state index < -0.39 is 6.09 Å². The molecule has 35 heavy (non-hydrogen) atoms. The second-order valence-corrected chi connectivity index (χ2v) is 8.18. The van der Waals surface area contributed by atoms with Gasteiger partial charge in [-0.1, -0.05) is 17.3 Å². The minimum Gasteiger partial charge on any atom is -0.450 e. The van der Waals surface area contributed by atoms with Gasteiger partial charge in [-0.3, -0.25) is 15.0 Å². The van der Waals surface area contributed by atoms with E-state index in [1.165, 1.54) is 10.7 Å². The number of benzene rings is 1. The molecule has 0 atom stereocenters. The van der Waals surface area contributed by atoms with Crippen LogP contribution in [0.25, 0.3) is 11.5 Å². The number of piperazine rings is 1.